The van der Waals surface area contributed by atoms with Crippen LogP contribution < -0.4 is 5.32 Å². The normalized spacial score (nSPS) is 11.8. The third-order valence-electron chi connectivity index (χ3n) is 3.33. The highest BCUT2D eigenvalue weighted by Crippen LogP contribution is 2.11. The van der Waals surface area contributed by atoms with Crippen molar-refractivity contribution < 1.29 is 9.90 Å². The Bertz CT molecular complexity index is 414. The third-order valence-corrected chi connectivity index (χ3v) is 3.33. The lowest BCUT2D eigenvalue weighted by atomic mass is 10.0. The van der Waals surface area contributed by atoms with E-state index in [2.05, 4.69) is 24.1 Å². The molecule has 0 amide bonds. The number of nitrogens with one attached hydrogen (secondary N) is 1. The fraction of sp³-hybridized carbons (Fsp3) is 0.500. The van der Waals surface area contributed by atoms with Gasteiger partial charge in [0.1, 0.15) is 0 Å². The van der Waals surface area contributed by atoms with Gasteiger partial charge in [0.2, 0.25) is 0 Å². The maximum Gasteiger partial charge on any atom is 0.336 e. The van der Waals surface area contributed by atoms with Crippen LogP contribution in [0.25, 0.3) is 0 Å². The van der Waals surface area contributed by atoms with Crippen LogP contribution in [0, 0.1) is 0 Å². The molecular formula is C14H22N2O2. The topological polar surface area (TPSA) is 52.6 Å². The molecule has 1 rings (SSSR count). The van der Waals surface area contributed by atoms with Gasteiger partial charge in [0.25, 0.3) is 0 Å². The van der Waals surface area contributed by atoms with E-state index in [1.807, 2.05) is 26.2 Å². The first kappa shape index (κ1) is 14.7. The second-order valence-corrected chi connectivity index (χ2v) is 5.27. The maximum absolute atomic E-state index is 11.1. The summed E-state index contributed by atoms with van der Waals surface area (Å²) in [6.07, 6.45) is 0. The SMILES string of the molecule is CN(C)C(C)(C)CNCc1ccccc1C(=O)O. The van der Waals surface area contributed by atoms with Crippen LogP contribution in [0.15, 0.2) is 24.3 Å². The summed E-state index contributed by atoms with van der Waals surface area (Å²) in [4.78, 5) is 13.2. The summed E-state index contributed by atoms with van der Waals surface area (Å²) in [5, 5.41) is 12.4. The molecule has 0 aliphatic carbocycles. The molecule has 18 heavy (non-hydrogen) atoms. The highest BCUT2D eigenvalue weighted by Gasteiger charge is 2.19. The fourth-order valence-corrected chi connectivity index (χ4v) is 1.54. The lowest BCUT2D eigenvalue weighted by Gasteiger charge is -2.32. The van der Waals surface area contributed by atoms with Gasteiger partial charge in [0.05, 0.1) is 5.56 Å². The van der Waals surface area contributed by atoms with Gasteiger partial charge in [-0.2, -0.15) is 0 Å². The van der Waals surface area contributed by atoms with Gasteiger partial charge in [0, 0.05) is 18.6 Å². The van der Waals surface area contributed by atoms with Crippen molar-refractivity contribution in [1.82, 2.24) is 10.2 Å². The quantitative estimate of drug-likeness (QED) is 0.808. The van der Waals surface area contributed by atoms with Gasteiger partial charge in [0.15, 0.2) is 0 Å². The monoisotopic (exact) mass is 250 g/mol. The Morgan fingerprint density at radius 3 is 2.50 bits per heavy atom. The summed E-state index contributed by atoms with van der Waals surface area (Å²) >= 11 is 0. The molecule has 2 N–H and O–H groups in total. The Labute approximate surface area is 109 Å². The molecule has 0 aromatic heterocycles. The molecule has 0 aliphatic heterocycles. The number of carbonyl (C=O) groups is 1. The molecule has 0 radical (unpaired) electrons. The Morgan fingerprint density at radius 2 is 1.94 bits per heavy atom. The molecule has 1 aromatic rings. The van der Waals surface area contributed by atoms with Crippen LogP contribution in [0.5, 0.6) is 0 Å². The van der Waals surface area contributed by atoms with Crippen molar-refractivity contribution in [3.63, 3.8) is 0 Å². The standard InChI is InChI=1S/C14H22N2O2/c1-14(2,16(3)4)10-15-9-11-7-5-6-8-12(11)13(17)18/h5-8,15H,9-10H2,1-4H3,(H,17,18). The van der Waals surface area contributed by atoms with Gasteiger partial charge in [-0.3, -0.25) is 0 Å². The first-order valence-corrected chi connectivity index (χ1v) is 6.04. The van der Waals surface area contributed by atoms with Crippen LogP contribution in [0.3, 0.4) is 0 Å². The van der Waals surface area contributed by atoms with Gasteiger partial charge in [-0.05, 0) is 39.6 Å². The summed E-state index contributed by atoms with van der Waals surface area (Å²) in [5.41, 5.74) is 1.23. The second kappa shape index (κ2) is 5.98. The molecule has 0 saturated carbocycles. The van der Waals surface area contributed by atoms with Crippen LogP contribution in [0.2, 0.25) is 0 Å². The first-order chi connectivity index (χ1) is 8.34. The minimum Gasteiger partial charge on any atom is -0.478 e. The van der Waals surface area contributed by atoms with Crippen LogP contribution in [0.1, 0.15) is 29.8 Å². The minimum absolute atomic E-state index is 0.0398. The molecule has 100 valence electrons. The number of nitrogens with zero attached hydrogens (tertiary/aromatic N) is 1. The van der Waals surface area contributed by atoms with Crippen LogP contribution >= 0.6 is 0 Å². The molecule has 0 heterocycles. The van der Waals surface area contributed by atoms with E-state index >= 15 is 0 Å². The van der Waals surface area contributed by atoms with E-state index in [1.165, 1.54) is 0 Å². The Balaban J connectivity index is 2.62. The van der Waals surface area contributed by atoms with Crippen molar-refractivity contribution in [2.75, 3.05) is 20.6 Å². The van der Waals surface area contributed by atoms with Gasteiger partial charge in [-0.25, -0.2) is 4.79 Å². The zero-order valence-corrected chi connectivity index (χ0v) is 11.5. The average molecular weight is 250 g/mol. The van der Waals surface area contributed by atoms with E-state index in [4.69, 9.17) is 5.11 Å². The zero-order chi connectivity index (χ0) is 13.8. The summed E-state index contributed by atoms with van der Waals surface area (Å²) in [6, 6.07) is 7.09. The molecule has 4 heteroatoms. The minimum atomic E-state index is -0.876. The molecular weight excluding hydrogens is 228 g/mol. The van der Waals surface area contributed by atoms with Gasteiger partial charge >= 0.3 is 5.97 Å². The van der Waals surface area contributed by atoms with Crippen LogP contribution in [-0.4, -0.2) is 42.2 Å². The van der Waals surface area contributed by atoms with Crippen molar-refractivity contribution in [3.05, 3.63) is 35.4 Å². The lowest BCUT2D eigenvalue weighted by Crippen LogP contribution is -2.46. The largest absolute Gasteiger partial charge is 0.478 e. The molecule has 0 saturated heterocycles. The molecule has 4 nitrogen and oxygen atoms in total. The van der Waals surface area contributed by atoms with E-state index in [-0.39, 0.29) is 5.54 Å². The van der Waals surface area contributed by atoms with E-state index in [9.17, 15) is 4.79 Å². The molecule has 0 spiro atoms. The number of hydrogen-bond donors (Lipinski definition) is 2. The van der Waals surface area contributed by atoms with Gasteiger partial charge in [-0.1, -0.05) is 18.2 Å². The highest BCUT2D eigenvalue weighted by molar-refractivity contribution is 5.89. The predicted molar refractivity (Wildman–Crippen MR) is 72.9 cm³/mol. The lowest BCUT2D eigenvalue weighted by molar-refractivity contribution is 0.0695. The maximum atomic E-state index is 11.1. The Kier molecular flexibility index (Phi) is 4.87. The number of carboxylic acid groups (broad SMARTS) is 1. The van der Waals surface area contributed by atoms with E-state index in [1.54, 1.807) is 12.1 Å². The zero-order valence-electron chi connectivity index (χ0n) is 11.5. The molecule has 0 bridgehead atoms. The molecule has 0 aliphatic rings. The van der Waals surface area contributed by atoms with Crippen molar-refractivity contribution in [2.45, 2.75) is 25.9 Å². The predicted octanol–water partition coefficient (Wildman–Crippen LogP) is 1.81. The number of rotatable bonds is 6. The average Bonchev–Trinajstić information content (AvgIpc) is 2.29. The van der Waals surface area contributed by atoms with Crippen molar-refractivity contribution in [1.29, 1.82) is 0 Å². The van der Waals surface area contributed by atoms with Crippen LogP contribution in [-0.2, 0) is 6.54 Å². The molecule has 0 fully saturated rings. The highest BCUT2D eigenvalue weighted by atomic mass is 16.4. The number of benzene rings is 1. The Hall–Kier alpha value is -1.39. The van der Waals surface area contributed by atoms with E-state index in [0.717, 1.165) is 12.1 Å². The van der Waals surface area contributed by atoms with E-state index < -0.39 is 5.97 Å². The van der Waals surface area contributed by atoms with Gasteiger partial charge in [-0.15, -0.1) is 0 Å². The fourth-order valence-electron chi connectivity index (χ4n) is 1.54. The van der Waals surface area contributed by atoms with E-state index in [0.29, 0.717) is 12.1 Å². The third kappa shape index (κ3) is 3.82. The molecule has 1 aromatic carbocycles. The van der Waals surface area contributed by atoms with Crippen LogP contribution in [0.4, 0.5) is 0 Å². The van der Waals surface area contributed by atoms with Crippen molar-refractivity contribution in [3.8, 4) is 0 Å². The first-order valence-electron chi connectivity index (χ1n) is 6.04. The number of hydrogen-bond acceptors (Lipinski definition) is 3. The smallest absolute Gasteiger partial charge is 0.336 e. The Morgan fingerprint density at radius 1 is 1.33 bits per heavy atom. The summed E-state index contributed by atoms with van der Waals surface area (Å²) < 4.78 is 0. The van der Waals surface area contributed by atoms with Gasteiger partial charge < -0.3 is 15.3 Å². The van der Waals surface area contributed by atoms with Crippen molar-refractivity contribution >= 4 is 5.97 Å². The number of aromatic carboxylic acids is 1. The van der Waals surface area contributed by atoms with Crippen molar-refractivity contribution in [2.24, 2.45) is 0 Å². The second-order valence-electron chi connectivity index (χ2n) is 5.27. The molecule has 0 atom stereocenters. The summed E-state index contributed by atoms with van der Waals surface area (Å²) in [5.74, 6) is -0.876. The summed E-state index contributed by atoms with van der Waals surface area (Å²) in [6.45, 7) is 5.65. The number of carboxylic acids is 1. The molecule has 0 unspecified atom stereocenters. The number of likely N-dealkylation sites (N-methyl/N-ethyl adjacent to an activating group) is 1. The summed E-state index contributed by atoms with van der Waals surface area (Å²) in [7, 11) is 4.07.